The van der Waals surface area contributed by atoms with Crippen LogP contribution in [0.5, 0.6) is 5.75 Å². The van der Waals surface area contributed by atoms with Crippen molar-refractivity contribution in [2.24, 2.45) is 0 Å². The number of aliphatic hydroxyl groups is 1. The Kier molecular flexibility index (Phi) is 7.14. The topological polar surface area (TPSA) is 84.6 Å². The van der Waals surface area contributed by atoms with Gasteiger partial charge in [0.25, 0.3) is 0 Å². The number of nitrogens with one attached hydrogen (secondary N) is 1. The molecule has 6 heteroatoms. The minimum absolute atomic E-state index is 0.0617. The van der Waals surface area contributed by atoms with Crippen molar-refractivity contribution in [1.82, 2.24) is 0 Å². The van der Waals surface area contributed by atoms with Crippen LogP contribution in [0, 0.1) is 0 Å². The lowest BCUT2D eigenvalue weighted by atomic mass is 10.2. The number of nitrogen functional groups attached to an aromatic ring is 1. The Hall–Kier alpha value is -1.40. The molecule has 0 aliphatic heterocycles. The molecule has 19 heavy (non-hydrogen) atoms. The summed E-state index contributed by atoms with van der Waals surface area (Å²) in [5.41, 5.74) is 6.90. The molecule has 0 atom stereocenters. The molecule has 1 rings (SSSR count). The number of hydrogen-bond donors (Lipinski definition) is 3. The van der Waals surface area contributed by atoms with Crippen LogP contribution in [-0.2, 0) is 4.79 Å². The van der Waals surface area contributed by atoms with Gasteiger partial charge in [-0.3, -0.25) is 4.79 Å². The van der Waals surface area contributed by atoms with Crippen molar-refractivity contribution in [3.05, 3.63) is 18.2 Å². The number of carbonyl (C=O) groups is 1. The Bertz CT molecular complexity index is 413. The minimum Gasteiger partial charge on any atom is -0.497 e. The fraction of sp³-hybridized carbons (Fsp3) is 0.462. The van der Waals surface area contributed by atoms with E-state index in [1.807, 2.05) is 0 Å². The van der Waals surface area contributed by atoms with E-state index in [4.69, 9.17) is 15.6 Å². The summed E-state index contributed by atoms with van der Waals surface area (Å²) in [4.78, 5) is 11.7. The molecular weight excluding hydrogens is 264 g/mol. The predicted octanol–water partition coefficient (Wildman–Crippen LogP) is 1.72. The first-order valence-corrected chi connectivity index (χ1v) is 7.25. The summed E-state index contributed by atoms with van der Waals surface area (Å²) in [5, 5.41) is 11.4. The molecule has 0 saturated heterocycles. The van der Waals surface area contributed by atoms with Crippen LogP contribution >= 0.6 is 11.8 Å². The second-order valence-corrected chi connectivity index (χ2v) is 5.17. The lowest BCUT2D eigenvalue weighted by molar-refractivity contribution is -0.115. The van der Waals surface area contributed by atoms with Crippen LogP contribution in [0.2, 0.25) is 0 Å². The number of nitrogens with two attached hydrogens (primary N) is 1. The van der Waals surface area contributed by atoms with E-state index in [2.05, 4.69) is 5.32 Å². The van der Waals surface area contributed by atoms with Crippen LogP contribution in [-0.4, -0.2) is 36.2 Å². The third-order valence-electron chi connectivity index (χ3n) is 2.45. The maximum absolute atomic E-state index is 11.7. The van der Waals surface area contributed by atoms with Crippen molar-refractivity contribution in [3.8, 4) is 5.75 Å². The zero-order valence-electron chi connectivity index (χ0n) is 11.0. The van der Waals surface area contributed by atoms with E-state index in [0.717, 1.165) is 17.9 Å². The highest BCUT2D eigenvalue weighted by atomic mass is 32.2. The van der Waals surface area contributed by atoms with Gasteiger partial charge in [0.2, 0.25) is 5.91 Å². The monoisotopic (exact) mass is 284 g/mol. The van der Waals surface area contributed by atoms with Crippen LogP contribution in [0.4, 0.5) is 11.4 Å². The van der Waals surface area contributed by atoms with E-state index in [1.165, 1.54) is 0 Å². The Morgan fingerprint density at radius 3 is 2.89 bits per heavy atom. The van der Waals surface area contributed by atoms with E-state index >= 15 is 0 Å². The number of ether oxygens (including phenoxy) is 1. The quantitative estimate of drug-likeness (QED) is 0.500. The average Bonchev–Trinajstić information content (AvgIpc) is 2.41. The van der Waals surface area contributed by atoms with Crippen molar-refractivity contribution < 1.29 is 14.6 Å². The summed E-state index contributed by atoms with van der Waals surface area (Å²) in [6.45, 7) is 0.196. The van der Waals surface area contributed by atoms with Crippen molar-refractivity contribution in [2.75, 3.05) is 36.3 Å². The second kappa shape index (κ2) is 8.66. The van der Waals surface area contributed by atoms with E-state index in [1.54, 1.807) is 37.1 Å². The third kappa shape index (κ3) is 5.85. The smallest absolute Gasteiger partial charge is 0.225 e. The van der Waals surface area contributed by atoms with E-state index in [0.29, 0.717) is 23.5 Å². The fourth-order valence-corrected chi connectivity index (χ4v) is 2.29. The molecule has 106 valence electrons. The summed E-state index contributed by atoms with van der Waals surface area (Å²) in [7, 11) is 1.57. The first-order valence-electron chi connectivity index (χ1n) is 6.09. The van der Waals surface area contributed by atoms with Gasteiger partial charge in [0.1, 0.15) is 5.75 Å². The molecule has 0 saturated carbocycles. The molecule has 0 aromatic heterocycles. The molecule has 0 fully saturated rings. The SMILES string of the molecule is COc1ccc(NC(=O)CCSCCCO)c(N)c1. The number of benzene rings is 1. The first-order chi connectivity index (χ1) is 9.17. The number of amides is 1. The van der Waals surface area contributed by atoms with E-state index in [-0.39, 0.29) is 12.5 Å². The van der Waals surface area contributed by atoms with E-state index < -0.39 is 0 Å². The number of aliphatic hydroxyl groups excluding tert-OH is 1. The van der Waals surface area contributed by atoms with Crippen molar-refractivity contribution >= 4 is 29.0 Å². The molecule has 0 bridgehead atoms. The molecule has 1 aromatic carbocycles. The maximum atomic E-state index is 11.7. The van der Waals surface area contributed by atoms with E-state index in [9.17, 15) is 4.79 Å². The lowest BCUT2D eigenvalue weighted by Gasteiger charge is -2.09. The Morgan fingerprint density at radius 1 is 1.47 bits per heavy atom. The van der Waals surface area contributed by atoms with Crippen LogP contribution in [0.15, 0.2) is 18.2 Å². The summed E-state index contributed by atoms with van der Waals surface area (Å²) in [6.07, 6.45) is 1.19. The van der Waals surface area contributed by atoms with Crippen molar-refractivity contribution in [3.63, 3.8) is 0 Å². The van der Waals surface area contributed by atoms with Crippen LogP contribution < -0.4 is 15.8 Å². The van der Waals surface area contributed by atoms with Gasteiger partial charge in [-0.2, -0.15) is 11.8 Å². The van der Waals surface area contributed by atoms with Crippen molar-refractivity contribution in [1.29, 1.82) is 0 Å². The molecule has 1 aromatic rings. The Balaban J connectivity index is 2.36. The highest BCUT2D eigenvalue weighted by Crippen LogP contribution is 2.24. The fourth-order valence-electron chi connectivity index (χ4n) is 1.43. The average molecular weight is 284 g/mol. The number of anilines is 2. The maximum Gasteiger partial charge on any atom is 0.225 e. The first kappa shape index (κ1) is 15.7. The number of carbonyl (C=O) groups excluding carboxylic acids is 1. The lowest BCUT2D eigenvalue weighted by Crippen LogP contribution is -2.13. The molecule has 4 N–H and O–H groups in total. The molecule has 1 amide bonds. The Labute approximate surface area is 117 Å². The van der Waals surface area contributed by atoms with Crippen molar-refractivity contribution in [2.45, 2.75) is 12.8 Å². The van der Waals surface area contributed by atoms with Gasteiger partial charge in [0.05, 0.1) is 18.5 Å². The number of thioether (sulfide) groups is 1. The van der Waals surface area contributed by atoms with Crippen LogP contribution in [0.1, 0.15) is 12.8 Å². The largest absolute Gasteiger partial charge is 0.497 e. The van der Waals surface area contributed by atoms with Gasteiger partial charge in [-0.25, -0.2) is 0 Å². The molecule has 0 aliphatic carbocycles. The summed E-state index contributed by atoms with van der Waals surface area (Å²) >= 11 is 1.65. The number of hydrogen-bond acceptors (Lipinski definition) is 5. The number of methoxy groups -OCH3 is 1. The molecule has 5 nitrogen and oxygen atoms in total. The molecule has 0 aliphatic rings. The zero-order chi connectivity index (χ0) is 14.1. The highest BCUT2D eigenvalue weighted by Gasteiger charge is 2.06. The zero-order valence-corrected chi connectivity index (χ0v) is 11.8. The van der Waals surface area contributed by atoms with Gasteiger partial charge in [-0.1, -0.05) is 0 Å². The number of rotatable bonds is 8. The molecule has 0 unspecified atom stereocenters. The Morgan fingerprint density at radius 2 is 2.26 bits per heavy atom. The van der Waals surface area contributed by atoms with Gasteiger partial charge in [0.15, 0.2) is 0 Å². The summed E-state index contributed by atoms with van der Waals surface area (Å²) in [5.74, 6) is 2.21. The standard InChI is InChI=1S/C13H20N2O3S/c1-18-10-3-4-12(11(14)9-10)15-13(17)5-8-19-7-2-6-16/h3-4,9,16H,2,5-8,14H2,1H3,(H,15,17). The minimum atomic E-state index is -0.0617. The van der Waals surface area contributed by atoms with Gasteiger partial charge in [0, 0.05) is 24.8 Å². The predicted molar refractivity (Wildman–Crippen MR) is 79.7 cm³/mol. The second-order valence-electron chi connectivity index (χ2n) is 3.94. The van der Waals surface area contributed by atoms with Crippen LogP contribution in [0.3, 0.4) is 0 Å². The van der Waals surface area contributed by atoms with Gasteiger partial charge < -0.3 is 20.9 Å². The third-order valence-corrected chi connectivity index (χ3v) is 3.52. The van der Waals surface area contributed by atoms with Gasteiger partial charge in [-0.05, 0) is 24.3 Å². The molecule has 0 heterocycles. The van der Waals surface area contributed by atoms with Gasteiger partial charge >= 0.3 is 0 Å². The molecule has 0 radical (unpaired) electrons. The van der Waals surface area contributed by atoms with Crippen LogP contribution in [0.25, 0.3) is 0 Å². The molecular formula is C13H20N2O3S. The highest BCUT2D eigenvalue weighted by molar-refractivity contribution is 7.99. The summed E-state index contributed by atoms with van der Waals surface area (Å²) in [6, 6.07) is 5.15. The normalized spacial score (nSPS) is 10.2. The van der Waals surface area contributed by atoms with Gasteiger partial charge in [-0.15, -0.1) is 0 Å². The summed E-state index contributed by atoms with van der Waals surface area (Å²) < 4.78 is 5.04. The molecule has 0 spiro atoms.